The highest BCUT2D eigenvalue weighted by Crippen LogP contribution is 2.54. The zero-order chi connectivity index (χ0) is 52.1. The number of thiophene rings is 1. The molecule has 7 aromatic carbocycles. The highest BCUT2D eigenvalue weighted by molar-refractivity contribution is 7.33. The quantitative estimate of drug-likeness (QED) is 0.162. The van der Waals surface area contributed by atoms with Gasteiger partial charge in [-0.05, 0) is 167 Å². The lowest BCUT2D eigenvalue weighted by Gasteiger charge is -2.45. The molecular formula is C69H77BN2S. The predicted octanol–water partition coefficient (Wildman–Crippen LogP) is 18.2. The number of hydrogen-bond donors (Lipinski definition) is 0. The van der Waals surface area contributed by atoms with Gasteiger partial charge in [-0.2, -0.15) is 0 Å². The molecule has 2 aliphatic heterocycles. The molecule has 3 heterocycles. The lowest BCUT2D eigenvalue weighted by molar-refractivity contribution is 0.332. The third-order valence-corrected chi connectivity index (χ3v) is 18.3. The monoisotopic (exact) mass is 977 g/mol. The number of benzene rings is 7. The van der Waals surface area contributed by atoms with E-state index in [0.29, 0.717) is 0 Å². The van der Waals surface area contributed by atoms with E-state index in [2.05, 4.69) is 261 Å². The molecule has 73 heavy (non-hydrogen) atoms. The summed E-state index contributed by atoms with van der Waals surface area (Å²) in [6, 6.07) is 53.3. The zero-order valence-corrected chi connectivity index (χ0v) is 47.8. The standard InChI is InChI=1S/C69H77BN2S/c1-42-20-18-19-21-50(42)44-36-58-61-59(37-44)72(56-32-27-46(65(5,6)7)38-52(56)43-22-24-45(25-23-43)64(2,3)4)57-33-28-47(66(8,9)10)39-55(57)70(61)63-62(51-30-26-48(67(11,12)13)40-60(51)73-63)71(58)49-29-31-53-54(41-49)69(16,17)35-34-68(53,14)15/h18-33,36-41H,34-35H2,1-17H3. The van der Waals surface area contributed by atoms with Crippen LogP contribution in [-0.2, 0) is 32.5 Å². The molecule has 3 aliphatic rings. The molecule has 0 spiro atoms. The first-order valence-electron chi connectivity index (χ1n) is 27.1. The third kappa shape index (κ3) is 8.21. The van der Waals surface area contributed by atoms with Crippen LogP contribution < -0.4 is 25.5 Å². The van der Waals surface area contributed by atoms with E-state index in [1.54, 1.807) is 0 Å². The van der Waals surface area contributed by atoms with Crippen LogP contribution in [-0.4, -0.2) is 6.71 Å². The van der Waals surface area contributed by atoms with Crippen LogP contribution >= 0.6 is 11.3 Å². The number of hydrogen-bond acceptors (Lipinski definition) is 3. The summed E-state index contributed by atoms with van der Waals surface area (Å²) in [4.78, 5) is 5.39. The number of aryl methyl sites for hydroxylation is 1. The maximum atomic E-state index is 2.71. The number of nitrogens with zero attached hydrogens (tertiary/aromatic N) is 2. The van der Waals surface area contributed by atoms with Gasteiger partial charge in [0.15, 0.2) is 0 Å². The second kappa shape index (κ2) is 16.6. The smallest absolute Gasteiger partial charge is 0.264 e. The van der Waals surface area contributed by atoms with E-state index in [-0.39, 0.29) is 39.2 Å². The Kier molecular flexibility index (Phi) is 11.2. The van der Waals surface area contributed by atoms with Crippen molar-refractivity contribution in [3.63, 3.8) is 0 Å². The van der Waals surface area contributed by atoms with Gasteiger partial charge in [0.2, 0.25) is 0 Å². The van der Waals surface area contributed by atoms with Crippen LogP contribution in [0, 0.1) is 6.92 Å². The highest BCUT2D eigenvalue weighted by Gasteiger charge is 2.47. The molecule has 11 rings (SSSR count). The van der Waals surface area contributed by atoms with Gasteiger partial charge in [0.05, 0.1) is 11.4 Å². The second-order valence-electron chi connectivity index (χ2n) is 27.5. The summed E-state index contributed by atoms with van der Waals surface area (Å²) in [7, 11) is 0. The molecule has 0 atom stereocenters. The Bertz CT molecular complexity index is 3520. The van der Waals surface area contributed by atoms with Crippen LogP contribution in [0.15, 0.2) is 133 Å². The lowest BCUT2D eigenvalue weighted by Crippen LogP contribution is -2.60. The number of anilines is 6. The largest absolute Gasteiger partial charge is 0.311 e. The molecule has 4 heteroatoms. The summed E-state index contributed by atoms with van der Waals surface area (Å²) in [6.45, 7) is 40.2. The van der Waals surface area contributed by atoms with Crippen molar-refractivity contribution in [2.75, 3.05) is 9.80 Å². The summed E-state index contributed by atoms with van der Waals surface area (Å²) >= 11 is 2.02. The van der Waals surface area contributed by atoms with E-state index in [1.165, 1.54) is 128 Å². The second-order valence-corrected chi connectivity index (χ2v) is 28.5. The van der Waals surface area contributed by atoms with Crippen molar-refractivity contribution in [2.45, 2.75) is 163 Å². The summed E-state index contributed by atoms with van der Waals surface area (Å²) in [5.74, 6) is 0. The van der Waals surface area contributed by atoms with Gasteiger partial charge in [0.1, 0.15) is 0 Å². The van der Waals surface area contributed by atoms with Gasteiger partial charge in [0.25, 0.3) is 6.71 Å². The topological polar surface area (TPSA) is 6.48 Å². The van der Waals surface area contributed by atoms with E-state index in [4.69, 9.17) is 0 Å². The Morgan fingerprint density at radius 1 is 0.466 bits per heavy atom. The van der Waals surface area contributed by atoms with Gasteiger partial charge in [-0.25, -0.2) is 0 Å². The Morgan fingerprint density at radius 2 is 1.01 bits per heavy atom. The third-order valence-electron chi connectivity index (χ3n) is 17.1. The molecule has 0 fully saturated rings. The fourth-order valence-corrected chi connectivity index (χ4v) is 13.6. The van der Waals surface area contributed by atoms with Crippen molar-refractivity contribution in [1.82, 2.24) is 0 Å². The fourth-order valence-electron chi connectivity index (χ4n) is 12.3. The van der Waals surface area contributed by atoms with E-state index in [9.17, 15) is 0 Å². The Hall–Kier alpha value is -5.84. The van der Waals surface area contributed by atoms with Crippen molar-refractivity contribution >= 4 is 78.0 Å². The normalized spacial score (nSPS) is 16.0. The fraction of sp³-hybridized carbons (Fsp3) is 0.362. The molecule has 1 aliphatic carbocycles. The van der Waals surface area contributed by atoms with Gasteiger partial charge in [-0.15, -0.1) is 11.3 Å². The van der Waals surface area contributed by atoms with Gasteiger partial charge in [0, 0.05) is 43.2 Å². The van der Waals surface area contributed by atoms with Crippen LogP contribution in [0.4, 0.5) is 34.1 Å². The van der Waals surface area contributed by atoms with Gasteiger partial charge < -0.3 is 9.80 Å². The minimum absolute atomic E-state index is 0.00239. The Balaban J connectivity index is 1.30. The Labute approximate surface area is 443 Å². The van der Waals surface area contributed by atoms with E-state index < -0.39 is 0 Å². The first kappa shape index (κ1) is 49.4. The molecule has 1 aromatic heterocycles. The van der Waals surface area contributed by atoms with Crippen molar-refractivity contribution in [3.05, 3.63) is 172 Å². The van der Waals surface area contributed by atoms with Gasteiger partial charge in [-0.1, -0.05) is 196 Å². The molecule has 0 saturated heterocycles. The molecular weight excluding hydrogens is 900 g/mol. The molecule has 0 amide bonds. The van der Waals surface area contributed by atoms with Crippen molar-refractivity contribution in [1.29, 1.82) is 0 Å². The average molecular weight is 977 g/mol. The summed E-state index contributed by atoms with van der Waals surface area (Å²) in [6.07, 6.45) is 2.35. The zero-order valence-electron chi connectivity index (χ0n) is 47.0. The summed E-state index contributed by atoms with van der Waals surface area (Å²) in [5, 5.41) is 1.33. The molecule has 0 saturated carbocycles. The molecule has 0 bridgehead atoms. The minimum atomic E-state index is -0.0546. The van der Waals surface area contributed by atoms with Crippen LogP contribution in [0.1, 0.15) is 163 Å². The highest BCUT2D eigenvalue weighted by atomic mass is 32.1. The van der Waals surface area contributed by atoms with E-state index in [0.717, 1.165) is 6.42 Å². The molecule has 0 N–H and O–H groups in total. The SMILES string of the molecule is Cc1ccccc1-c1cc2c3c(c1)N(c1ccc4c(c1)C(C)(C)CCC4(C)C)c1c(sc4cc(C(C)(C)C)ccc14)B3c1cc(C(C)(C)C)ccc1N2c1ccc(C(C)(C)C)cc1-c1ccc(C(C)(C)C)cc1. The first-order chi connectivity index (χ1) is 34.1. The minimum Gasteiger partial charge on any atom is -0.311 e. The summed E-state index contributed by atoms with van der Waals surface area (Å²) in [5.41, 5.74) is 25.0. The molecule has 8 aromatic rings. The van der Waals surface area contributed by atoms with Crippen LogP contribution in [0.3, 0.4) is 0 Å². The maximum absolute atomic E-state index is 2.71. The maximum Gasteiger partial charge on any atom is 0.264 e. The lowest BCUT2D eigenvalue weighted by atomic mass is 9.36. The summed E-state index contributed by atoms with van der Waals surface area (Å²) < 4.78 is 2.77. The van der Waals surface area contributed by atoms with Crippen molar-refractivity contribution in [2.24, 2.45) is 0 Å². The van der Waals surface area contributed by atoms with Crippen LogP contribution in [0.25, 0.3) is 32.3 Å². The molecule has 0 unspecified atom stereocenters. The molecule has 2 nitrogen and oxygen atoms in total. The Morgan fingerprint density at radius 3 is 1.64 bits per heavy atom. The van der Waals surface area contributed by atoms with Gasteiger partial charge in [-0.3, -0.25) is 0 Å². The molecule has 372 valence electrons. The van der Waals surface area contributed by atoms with Crippen LogP contribution in [0.2, 0.25) is 0 Å². The van der Waals surface area contributed by atoms with Crippen molar-refractivity contribution in [3.8, 4) is 22.3 Å². The number of rotatable bonds is 4. The molecule has 0 radical (unpaired) electrons. The van der Waals surface area contributed by atoms with E-state index in [1.807, 2.05) is 11.3 Å². The average Bonchev–Trinajstić information content (AvgIpc) is 3.70. The van der Waals surface area contributed by atoms with Crippen LogP contribution in [0.5, 0.6) is 0 Å². The van der Waals surface area contributed by atoms with Crippen molar-refractivity contribution < 1.29 is 0 Å². The van der Waals surface area contributed by atoms with E-state index >= 15 is 0 Å². The predicted molar refractivity (Wildman–Crippen MR) is 322 cm³/mol. The first-order valence-corrected chi connectivity index (χ1v) is 27.9. The van der Waals surface area contributed by atoms with Gasteiger partial charge >= 0.3 is 0 Å². The number of fused-ring (bicyclic) bond motifs is 7.